The largest absolute Gasteiger partial charge is 0.448 e. The summed E-state index contributed by atoms with van der Waals surface area (Å²) < 4.78 is 7.90. The van der Waals surface area contributed by atoms with Crippen LogP contribution in [0.3, 0.4) is 0 Å². The number of fused-ring (bicyclic) bond motifs is 1. The number of aromatic nitrogens is 4. The standard InChI is InChI=1S/C48H39N7O5S3/c1-54-47(50-52-53-54)63-31-34-30-62-45-40(44(57)55(45)41(34)46(58)59-42(32-18-7-2-8-19-32)33-20-9-3-10-21-33)49-43(56)39(38-28-17-29-61-38)51-60-48(35-22-11-4-12-23-35,36-24-13-5-14-25-36)37-26-15-6-16-27-37/h2-29,40,42,45H,30-31H2,1H3,(H,49,56)/t40-,45-/m1/s1. The van der Waals surface area contributed by atoms with E-state index in [1.54, 1.807) is 17.8 Å². The molecule has 1 N–H and O–H groups in total. The van der Waals surface area contributed by atoms with Gasteiger partial charge in [-0.25, -0.2) is 9.48 Å². The summed E-state index contributed by atoms with van der Waals surface area (Å²) in [7, 11) is 1.73. The number of β-lactam (4-membered cyclic amide) rings is 1. The van der Waals surface area contributed by atoms with Gasteiger partial charge in [-0.1, -0.05) is 175 Å². The van der Waals surface area contributed by atoms with Crippen LogP contribution in [0.25, 0.3) is 0 Å². The van der Waals surface area contributed by atoms with Crippen LogP contribution in [0, 0.1) is 0 Å². The number of hydrogen-bond donors (Lipinski definition) is 1. The summed E-state index contributed by atoms with van der Waals surface area (Å²) in [5, 5.41) is 21.2. The lowest BCUT2D eigenvalue weighted by molar-refractivity contribution is -0.154. The van der Waals surface area contributed by atoms with Gasteiger partial charge in [0.25, 0.3) is 11.8 Å². The summed E-state index contributed by atoms with van der Waals surface area (Å²) >= 11 is 4.13. The van der Waals surface area contributed by atoms with Crippen molar-refractivity contribution in [3.63, 3.8) is 0 Å². The van der Waals surface area contributed by atoms with Crippen molar-refractivity contribution in [2.24, 2.45) is 12.2 Å². The van der Waals surface area contributed by atoms with Gasteiger partial charge in [0, 0.05) is 35.2 Å². The molecule has 0 aliphatic carbocycles. The highest BCUT2D eigenvalue weighted by atomic mass is 32.2. The van der Waals surface area contributed by atoms with Crippen molar-refractivity contribution in [1.82, 2.24) is 30.4 Å². The molecule has 2 atom stereocenters. The number of thiophene rings is 1. The van der Waals surface area contributed by atoms with Crippen LogP contribution in [0.15, 0.2) is 191 Å². The molecule has 0 radical (unpaired) electrons. The van der Waals surface area contributed by atoms with Crippen LogP contribution < -0.4 is 5.32 Å². The Morgan fingerprint density at radius 2 is 1.37 bits per heavy atom. The van der Waals surface area contributed by atoms with Crippen molar-refractivity contribution in [3.05, 3.63) is 213 Å². The molecule has 2 aliphatic heterocycles. The first-order valence-electron chi connectivity index (χ1n) is 20.0. The Hall–Kier alpha value is -6.81. The van der Waals surface area contributed by atoms with E-state index in [0.717, 1.165) is 27.8 Å². The summed E-state index contributed by atoms with van der Waals surface area (Å²) in [5.41, 5.74) is 3.54. The minimum atomic E-state index is -1.25. The fraction of sp³-hybridized carbons (Fsp3) is 0.146. The smallest absolute Gasteiger partial charge is 0.356 e. The monoisotopic (exact) mass is 889 g/mol. The Kier molecular flexibility index (Phi) is 12.3. The molecule has 7 aromatic rings. The molecular formula is C48H39N7O5S3. The predicted molar refractivity (Wildman–Crippen MR) is 244 cm³/mol. The zero-order chi connectivity index (χ0) is 43.2. The lowest BCUT2D eigenvalue weighted by Gasteiger charge is -2.49. The minimum absolute atomic E-state index is 0.00217. The number of oxime groups is 1. The van der Waals surface area contributed by atoms with Crippen LogP contribution in [-0.4, -0.2) is 71.5 Å². The highest BCUT2D eigenvalue weighted by Crippen LogP contribution is 2.44. The predicted octanol–water partition coefficient (Wildman–Crippen LogP) is 7.76. The average molecular weight is 890 g/mol. The van der Waals surface area contributed by atoms with E-state index in [4.69, 9.17) is 9.57 Å². The topological polar surface area (TPSA) is 141 Å². The number of tetrazole rings is 1. The van der Waals surface area contributed by atoms with E-state index in [0.29, 0.717) is 27.1 Å². The van der Waals surface area contributed by atoms with Crippen LogP contribution in [-0.2, 0) is 36.6 Å². The number of aryl methyl sites for hydroxylation is 1. The zero-order valence-corrected chi connectivity index (χ0v) is 36.2. The van der Waals surface area contributed by atoms with Gasteiger partial charge >= 0.3 is 5.97 Å². The summed E-state index contributed by atoms with van der Waals surface area (Å²) in [6.07, 6.45) is -0.747. The molecule has 9 rings (SSSR count). The number of esters is 1. The summed E-state index contributed by atoms with van der Waals surface area (Å²) in [5.74, 6) is -1.01. The molecule has 2 aliphatic rings. The van der Waals surface area contributed by atoms with Crippen LogP contribution >= 0.6 is 34.9 Å². The SMILES string of the molecule is Cn1nnnc1SCC1=C(C(=O)OC(c2ccccc2)c2ccccc2)N2C(=O)[C@@H](NC(=O)C(=NOC(c3ccccc3)(c3ccccc3)c3ccccc3)c3cccs3)[C@H]2SC1. The van der Waals surface area contributed by atoms with E-state index in [-0.39, 0.29) is 11.4 Å². The molecule has 63 heavy (non-hydrogen) atoms. The van der Waals surface area contributed by atoms with Gasteiger partial charge in [-0.15, -0.1) is 28.2 Å². The molecule has 15 heteroatoms. The molecule has 0 spiro atoms. The van der Waals surface area contributed by atoms with Crippen molar-refractivity contribution >= 4 is 58.4 Å². The Morgan fingerprint density at radius 1 is 0.810 bits per heavy atom. The van der Waals surface area contributed by atoms with Crippen molar-refractivity contribution in [2.75, 3.05) is 11.5 Å². The quantitative estimate of drug-likeness (QED) is 0.0271. The molecule has 12 nitrogen and oxygen atoms in total. The Bertz CT molecular complexity index is 2620. The van der Waals surface area contributed by atoms with E-state index in [2.05, 4.69) is 26.0 Å². The molecule has 4 heterocycles. The van der Waals surface area contributed by atoms with Gasteiger partial charge in [0.05, 0.1) is 4.88 Å². The Balaban J connectivity index is 1.03. The zero-order valence-electron chi connectivity index (χ0n) is 33.8. The number of rotatable bonds is 15. The van der Waals surface area contributed by atoms with Gasteiger partial charge in [-0.05, 0) is 38.6 Å². The third-order valence-corrected chi connectivity index (χ3v) is 14.0. The van der Waals surface area contributed by atoms with Crippen LogP contribution in [0.5, 0.6) is 0 Å². The van der Waals surface area contributed by atoms with Gasteiger partial charge in [0.2, 0.25) is 10.8 Å². The van der Waals surface area contributed by atoms with E-state index >= 15 is 0 Å². The second kappa shape index (κ2) is 18.7. The Morgan fingerprint density at radius 3 is 1.87 bits per heavy atom. The second-order valence-corrected chi connectivity index (χ2v) is 17.6. The van der Waals surface area contributed by atoms with E-state index < -0.39 is 40.9 Å². The third-order valence-electron chi connectivity index (χ3n) is 10.7. The first kappa shape index (κ1) is 41.5. The van der Waals surface area contributed by atoms with E-state index in [1.807, 2.05) is 163 Å². The molecular weight excluding hydrogens is 851 g/mol. The summed E-state index contributed by atoms with van der Waals surface area (Å²) in [4.78, 5) is 52.3. The molecule has 2 amide bonds. The number of thioether (sulfide) groups is 2. The summed E-state index contributed by atoms with van der Waals surface area (Å²) in [6.45, 7) is 0. The van der Waals surface area contributed by atoms with Crippen molar-refractivity contribution in [2.45, 2.75) is 28.3 Å². The maximum absolute atomic E-state index is 14.6. The average Bonchev–Trinajstić information content (AvgIpc) is 4.03. The lowest BCUT2D eigenvalue weighted by atomic mass is 9.80. The van der Waals surface area contributed by atoms with Gasteiger partial charge in [-0.2, -0.15) is 0 Å². The highest BCUT2D eigenvalue weighted by Gasteiger charge is 2.55. The van der Waals surface area contributed by atoms with Crippen LogP contribution in [0.2, 0.25) is 0 Å². The number of nitrogens with zero attached hydrogens (tertiary/aromatic N) is 6. The number of carbonyl (C=O) groups excluding carboxylic acids is 3. The number of carbonyl (C=O) groups is 3. The van der Waals surface area contributed by atoms with Gasteiger partial charge in [0.1, 0.15) is 17.1 Å². The van der Waals surface area contributed by atoms with Crippen molar-refractivity contribution in [1.29, 1.82) is 0 Å². The van der Waals surface area contributed by atoms with E-state index in [1.165, 1.54) is 39.8 Å². The number of hydrogen-bond acceptors (Lipinski definition) is 12. The molecule has 2 aromatic heterocycles. The van der Waals surface area contributed by atoms with Gasteiger partial charge < -0.3 is 14.9 Å². The second-order valence-electron chi connectivity index (χ2n) is 14.6. The van der Waals surface area contributed by atoms with Gasteiger partial charge in [0.15, 0.2) is 11.8 Å². The number of nitrogens with one attached hydrogen (secondary N) is 1. The molecule has 1 fully saturated rings. The molecule has 0 unspecified atom stereocenters. The maximum Gasteiger partial charge on any atom is 0.356 e. The maximum atomic E-state index is 14.6. The Labute approximate surface area is 376 Å². The molecule has 0 bridgehead atoms. The summed E-state index contributed by atoms with van der Waals surface area (Å²) in [6, 6.07) is 50.8. The fourth-order valence-corrected chi connectivity index (χ4v) is 10.7. The molecule has 1 saturated heterocycles. The lowest BCUT2D eigenvalue weighted by Crippen LogP contribution is -2.71. The minimum Gasteiger partial charge on any atom is -0.448 e. The molecule has 0 saturated carbocycles. The van der Waals surface area contributed by atoms with E-state index in [9.17, 15) is 14.4 Å². The van der Waals surface area contributed by atoms with Crippen molar-refractivity contribution < 1.29 is 24.0 Å². The molecule has 5 aromatic carbocycles. The highest BCUT2D eigenvalue weighted by molar-refractivity contribution is 8.01. The van der Waals surface area contributed by atoms with Gasteiger partial charge in [-0.3, -0.25) is 14.5 Å². The first-order chi connectivity index (χ1) is 30.9. The first-order valence-corrected chi connectivity index (χ1v) is 22.9. The third kappa shape index (κ3) is 8.42. The molecule has 314 valence electrons. The number of ether oxygens (including phenoxy) is 1. The number of amides is 2. The number of benzene rings is 5. The van der Waals surface area contributed by atoms with Crippen molar-refractivity contribution in [3.8, 4) is 0 Å². The fourth-order valence-electron chi connectivity index (χ4n) is 7.64. The van der Waals surface area contributed by atoms with Crippen LogP contribution in [0.1, 0.15) is 38.8 Å². The normalized spacial score (nSPS) is 16.3. The van der Waals surface area contributed by atoms with Crippen LogP contribution in [0.4, 0.5) is 0 Å².